The monoisotopic (exact) mass is 530 g/mol. The molecule has 0 spiro atoms. The van der Waals surface area contributed by atoms with E-state index in [9.17, 15) is 9.18 Å². The summed E-state index contributed by atoms with van der Waals surface area (Å²) in [7, 11) is 1.97. The lowest BCUT2D eigenvalue weighted by Gasteiger charge is -2.07. The number of nitrogens with two attached hydrogens (primary N) is 1. The minimum absolute atomic E-state index is 0.250. The van der Waals surface area contributed by atoms with Crippen LogP contribution in [0.3, 0.4) is 0 Å². The van der Waals surface area contributed by atoms with E-state index in [1.807, 2.05) is 67.7 Å². The summed E-state index contributed by atoms with van der Waals surface area (Å²) in [4.78, 5) is 18.6. The second-order valence-electron chi connectivity index (χ2n) is 8.41. The molecular weight excluding hydrogens is 491 g/mol. The first-order valence-electron chi connectivity index (χ1n) is 12.8. The molecule has 0 saturated heterocycles. The van der Waals surface area contributed by atoms with Crippen LogP contribution in [0.15, 0.2) is 109 Å². The number of primary amides is 1. The highest BCUT2D eigenvalue weighted by Gasteiger charge is 1.99. The summed E-state index contributed by atoms with van der Waals surface area (Å²) in [6, 6.07) is 34.1. The van der Waals surface area contributed by atoms with Crippen LogP contribution < -0.4 is 15.8 Å². The predicted octanol–water partition coefficient (Wildman–Crippen LogP) is 6.68. The van der Waals surface area contributed by atoms with Crippen molar-refractivity contribution in [1.82, 2.24) is 5.32 Å². The SMILES string of the molecule is CNCCCCc1ccc(Oc2ccc(F)cc2)cc1.Cc1ccccc1.NC=O.O=CCc1ccccc1. The van der Waals surface area contributed by atoms with E-state index < -0.39 is 0 Å². The molecule has 4 aromatic rings. The Bertz CT molecular complexity index is 1140. The van der Waals surface area contributed by atoms with Crippen molar-refractivity contribution in [1.29, 1.82) is 0 Å². The van der Waals surface area contributed by atoms with E-state index in [2.05, 4.69) is 42.2 Å². The van der Waals surface area contributed by atoms with Gasteiger partial charge in [-0.3, -0.25) is 4.79 Å². The summed E-state index contributed by atoms with van der Waals surface area (Å²) in [6.45, 7) is 3.14. The summed E-state index contributed by atoms with van der Waals surface area (Å²) >= 11 is 0. The first kappa shape index (κ1) is 32.7. The third-order valence-corrected chi connectivity index (χ3v) is 5.22. The number of unbranched alkanes of at least 4 members (excludes halogenated alkanes) is 1. The molecule has 0 unspecified atom stereocenters. The lowest BCUT2D eigenvalue weighted by Crippen LogP contribution is -2.07. The molecule has 206 valence electrons. The van der Waals surface area contributed by atoms with Crippen molar-refractivity contribution in [2.45, 2.75) is 32.6 Å². The van der Waals surface area contributed by atoms with Crippen molar-refractivity contribution in [2.24, 2.45) is 5.73 Å². The van der Waals surface area contributed by atoms with Crippen LogP contribution in [0.5, 0.6) is 11.5 Å². The van der Waals surface area contributed by atoms with Gasteiger partial charge in [-0.1, -0.05) is 78.4 Å². The van der Waals surface area contributed by atoms with E-state index in [-0.39, 0.29) is 12.2 Å². The minimum atomic E-state index is -0.255. The van der Waals surface area contributed by atoms with Crippen molar-refractivity contribution in [3.05, 3.63) is 132 Å². The van der Waals surface area contributed by atoms with Gasteiger partial charge in [-0.2, -0.15) is 0 Å². The Kier molecular flexibility index (Phi) is 18.3. The van der Waals surface area contributed by atoms with Gasteiger partial charge in [0.1, 0.15) is 23.6 Å². The average molecular weight is 531 g/mol. The molecule has 0 heterocycles. The zero-order chi connectivity index (χ0) is 28.6. The Morgan fingerprint density at radius 3 is 1.72 bits per heavy atom. The zero-order valence-corrected chi connectivity index (χ0v) is 22.8. The first-order chi connectivity index (χ1) is 19.0. The van der Waals surface area contributed by atoms with Crippen LogP contribution in [0, 0.1) is 12.7 Å². The lowest BCUT2D eigenvalue weighted by atomic mass is 10.1. The van der Waals surface area contributed by atoms with E-state index in [0.717, 1.165) is 30.6 Å². The number of ether oxygens (including phenoxy) is 1. The van der Waals surface area contributed by atoms with Crippen LogP contribution in [0.1, 0.15) is 29.5 Å². The number of carbonyl (C=O) groups excluding carboxylic acids is 2. The van der Waals surface area contributed by atoms with Crippen molar-refractivity contribution in [2.75, 3.05) is 13.6 Å². The Morgan fingerprint density at radius 2 is 1.26 bits per heavy atom. The molecule has 0 aromatic heterocycles. The molecule has 0 saturated carbocycles. The van der Waals surface area contributed by atoms with Gasteiger partial charge in [-0.15, -0.1) is 0 Å². The van der Waals surface area contributed by atoms with E-state index in [0.29, 0.717) is 12.2 Å². The van der Waals surface area contributed by atoms with E-state index in [4.69, 9.17) is 9.53 Å². The summed E-state index contributed by atoms with van der Waals surface area (Å²) in [5, 5.41) is 3.15. The molecule has 4 rings (SSSR count). The second kappa shape index (κ2) is 21.8. The molecular formula is C33H39FN2O3. The fraction of sp³-hybridized carbons (Fsp3) is 0.212. The molecule has 0 atom stereocenters. The number of hydrogen-bond donors (Lipinski definition) is 2. The molecule has 3 N–H and O–H groups in total. The molecule has 0 bridgehead atoms. The van der Waals surface area contributed by atoms with Gasteiger partial charge in [0.15, 0.2) is 0 Å². The number of aryl methyl sites for hydroxylation is 2. The van der Waals surface area contributed by atoms with Gasteiger partial charge in [0.2, 0.25) is 6.41 Å². The predicted molar refractivity (Wildman–Crippen MR) is 157 cm³/mol. The first-order valence-corrected chi connectivity index (χ1v) is 12.8. The van der Waals surface area contributed by atoms with Gasteiger partial charge < -0.3 is 20.6 Å². The molecule has 4 aromatic carbocycles. The minimum Gasteiger partial charge on any atom is -0.457 e. The molecule has 1 amide bonds. The molecule has 39 heavy (non-hydrogen) atoms. The second-order valence-corrected chi connectivity index (χ2v) is 8.41. The summed E-state index contributed by atoms with van der Waals surface area (Å²) in [5.41, 5.74) is 7.88. The van der Waals surface area contributed by atoms with E-state index in [1.54, 1.807) is 12.1 Å². The maximum Gasteiger partial charge on any atom is 0.204 e. The van der Waals surface area contributed by atoms with Crippen LogP contribution in [-0.2, 0) is 22.4 Å². The molecule has 0 aliphatic heterocycles. The fourth-order valence-corrected chi connectivity index (χ4v) is 3.24. The standard InChI is InChI=1S/C17H20FNO.C8H8O.C7H8.CH3NO/c1-19-13-3-2-4-14-5-9-16(10-6-14)20-17-11-7-15(18)8-12-17;9-7-6-8-4-2-1-3-5-8;1-7-5-3-2-4-6-7;2-1-3/h5-12,19H,2-4,13H2,1H3;1-5,7H,6H2;2-6H,1H3;1H,(H2,2,3). The maximum absolute atomic E-state index is 12.8. The summed E-state index contributed by atoms with van der Waals surface area (Å²) in [6.07, 6.45) is 5.14. The molecule has 5 nitrogen and oxygen atoms in total. The Hall–Kier alpha value is -4.29. The Balaban J connectivity index is 0.000000328. The van der Waals surface area contributed by atoms with E-state index in [1.165, 1.54) is 36.1 Å². The lowest BCUT2D eigenvalue weighted by molar-refractivity contribution is -0.107. The van der Waals surface area contributed by atoms with Gasteiger partial charge in [0.25, 0.3) is 0 Å². The van der Waals surface area contributed by atoms with Gasteiger partial charge in [-0.25, -0.2) is 4.39 Å². The highest BCUT2D eigenvalue weighted by Crippen LogP contribution is 2.22. The number of benzene rings is 4. The van der Waals surface area contributed by atoms with Crippen LogP contribution in [-0.4, -0.2) is 26.3 Å². The van der Waals surface area contributed by atoms with Crippen molar-refractivity contribution in [3.63, 3.8) is 0 Å². The number of carbonyl (C=O) groups is 2. The average Bonchev–Trinajstić information content (AvgIpc) is 2.96. The van der Waals surface area contributed by atoms with Crippen molar-refractivity contribution >= 4 is 12.7 Å². The van der Waals surface area contributed by atoms with Crippen molar-refractivity contribution < 1.29 is 18.7 Å². The summed E-state index contributed by atoms with van der Waals surface area (Å²) < 4.78 is 18.4. The third-order valence-electron chi connectivity index (χ3n) is 5.22. The Labute approximate surface area is 231 Å². The van der Waals surface area contributed by atoms with Gasteiger partial charge in [0, 0.05) is 6.42 Å². The van der Waals surface area contributed by atoms with Crippen LogP contribution in [0.25, 0.3) is 0 Å². The topological polar surface area (TPSA) is 81.4 Å². The van der Waals surface area contributed by atoms with Gasteiger partial charge in [0.05, 0.1) is 0 Å². The zero-order valence-electron chi connectivity index (χ0n) is 22.8. The van der Waals surface area contributed by atoms with Gasteiger partial charge >= 0.3 is 0 Å². The van der Waals surface area contributed by atoms with Crippen molar-refractivity contribution in [3.8, 4) is 11.5 Å². The molecule has 0 aliphatic carbocycles. The van der Waals surface area contributed by atoms with Crippen LogP contribution in [0.4, 0.5) is 4.39 Å². The molecule has 0 radical (unpaired) electrons. The number of amides is 1. The van der Waals surface area contributed by atoms with Crippen LogP contribution in [0.2, 0.25) is 0 Å². The largest absolute Gasteiger partial charge is 0.457 e. The fourth-order valence-electron chi connectivity index (χ4n) is 3.24. The maximum atomic E-state index is 12.8. The van der Waals surface area contributed by atoms with Gasteiger partial charge in [-0.05, 0) is 87.3 Å². The number of nitrogens with one attached hydrogen (secondary N) is 1. The quantitative estimate of drug-likeness (QED) is 0.187. The highest BCUT2D eigenvalue weighted by molar-refractivity contribution is 5.54. The smallest absolute Gasteiger partial charge is 0.204 e. The third kappa shape index (κ3) is 17.0. The number of aldehydes is 1. The highest BCUT2D eigenvalue weighted by atomic mass is 19.1. The van der Waals surface area contributed by atoms with E-state index >= 15 is 0 Å². The molecule has 0 fully saturated rings. The normalized spacial score (nSPS) is 9.31. The Morgan fingerprint density at radius 1 is 0.744 bits per heavy atom. The number of hydrogen-bond acceptors (Lipinski definition) is 4. The van der Waals surface area contributed by atoms with Crippen LogP contribution >= 0.6 is 0 Å². The molecule has 6 heteroatoms. The number of halogens is 1. The summed E-state index contributed by atoms with van der Waals surface area (Å²) in [5.74, 6) is 1.16. The molecule has 0 aliphatic rings. The number of rotatable bonds is 9.